The number of carbonyl (C=O) groups is 1. The molecule has 0 aliphatic carbocycles. The van der Waals surface area contributed by atoms with E-state index in [-0.39, 0.29) is 0 Å². The summed E-state index contributed by atoms with van der Waals surface area (Å²) >= 11 is 0. The molecule has 0 radical (unpaired) electrons. The summed E-state index contributed by atoms with van der Waals surface area (Å²) in [5.74, 6) is -1.19. The SMILES string of the molecule is CC(C)(C)ONC(=O)CC(F)(F)F. The van der Waals surface area contributed by atoms with Crippen molar-refractivity contribution in [3.63, 3.8) is 0 Å². The maximum absolute atomic E-state index is 11.6. The molecule has 13 heavy (non-hydrogen) atoms. The number of halogens is 3. The summed E-state index contributed by atoms with van der Waals surface area (Å²) in [5, 5.41) is 0. The summed E-state index contributed by atoms with van der Waals surface area (Å²) in [4.78, 5) is 15.2. The largest absolute Gasteiger partial charge is 0.397 e. The molecular weight excluding hydrogens is 187 g/mol. The Labute approximate surface area is 74.2 Å². The van der Waals surface area contributed by atoms with E-state index in [1.807, 2.05) is 0 Å². The number of hydrogen-bond acceptors (Lipinski definition) is 2. The van der Waals surface area contributed by atoms with Gasteiger partial charge in [-0.2, -0.15) is 13.2 Å². The second kappa shape index (κ2) is 3.95. The van der Waals surface area contributed by atoms with Crippen LogP contribution in [-0.4, -0.2) is 17.7 Å². The summed E-state index contributed by atoms with van der Waals surface area (Å²) in [6.45, 7) is 4.84. The van der Waals surface area contributed by atoms with Gasteiger partial charge in [-0.3, -0.25) is 9.63 Å². The van der Waals surface area contributed by atoms with Gasteiger partial charge in [-0.1, -0.05) is 0 Å². The van der Waals surface area contributed by atoms with E-state index >= 15 is 0 Å². The fourth-order valence-corrected chi connectivity index (χ4v) is 0.428. The van der Waals surface area contributed by atoms with Gasteiger partial charge in [-0.25, -0.2) is 5.48 Å². The van der Waals surface area contributed by atoms with Gasteiger partial charge in [0.2, 0.25) is 0 Å². The molecule has 3 nitrogen and oxygen atoms in total. The van der Waals surface area contributed by atoms with Gasteiger partial charge in [-0.15, -0.1) is 0 Å². The van der Waals surface area contributed by atoms with Crippen molar-refractivity contribution in [2.45, 2.75) is 39.0 Å². The number of amides is 1. The Morgan fingerprint density at radius 1 is 1.31 bits per heavy atom. The maximum atomic E-state index is 11.6. The van der Waals surface area contributed by atoms with Crippen LogP contribution in [0.3, 0.4) is 0 Å². The highest BCUT2D eigenvalue weighted by Crippen LogP contribution is 2.19. The Morgan fingerprint density at radius 2 is 1.77 bits per heavy atom. The highest BCUT2D eigenvalue weighted by molar-refractivity contribution is 5.75. The molecule has 0 unspecified atom stereocenters. The molecule has 0 saturated heterocycles. The normalized spacial score (nSPS) is 12.8. The predicted molar refractivity (Wildman–Crippen MR) is 39.7 cm³/mol. The van der Waals surface area contributed by atoms with Crippen molar-refractivity contribution in [1.82, 2.24) is 5.48 Å². The molecule has 0 atom stereocenters. The molecule has 0 spiro atoms. The van der Waals surface area contributed by atoms with Crippen molar-refractivity contribution in [3.05, 3.63) is 0 Å². The van der Waals surface area contributed by atoms with Crippen molar-refractivity contribution in [1.29, 1.82) is 0 Å². The van der Waals surface area contributed by atoms with E-state index in [0.717, 1.165) is 0 Å². The molecule has 0 aromatic heterocycles. The first-order chi connectivity index (χ1) is 5.60. The van der Waals surface area contributed by atoms with Gasteiger partial charge in [-0.05, 0) is 20.8 Å². The van der Waals surface area contributed by atoms with E-state index in [1.165, 1.54) is 0 Å². The number of carbonyl (C=O) groups excluding carboxylic acids is 1. The van der Waals surface area contributed by atoms with E-state index in [4.69, 9.17) is 0 Å². The molecule has 6 heteroatoms. The molecule has 0 bridgehead atoms. The lowest BCUT2D eigenvalue weighted by atomic mass is 10.2. The Hall–Kier alpha value is -0.780. The molecule has 0 fully saturated rings. The highest BCUT2D eigenvalue weighted by atomic mass is 19.4. The van der Waals surface area contributed by atoms with Gasteiger partial charge in [0.1, 0.15) is 6.42 Å². The number of hydroxylamine groups is 1. The lowest BCUT2D eigenvalue weighted by Crippen LogP contribution is -2.35. The average Bonchev–Trinajstić information content (AvgIpc) is 1.78. The Bertz CT molecular complexity index is 183. The fourth-order valence-electron chi connectivity index (χ4n) is 0.428. The molecule has 0 saturated carbocycles. The monoisotopic (exact) mass is 199 g/mol. The minimum Gasteiger partial charge on any atom is -0.272 e. The van der Waals surface area contributed by atoms with Gasteiger partial charge in [0.15, 0.2) is 0 Å². The molecule has 1 N–H and O–H groups in total. The van der Waals surface area contributed by atoms with Crippen LogP contribution in [0.15, 0.2) is 0 Å². The molecule has 78 valence electrons. The summed E-state index contributed by atoms with van der Waals surface area (Å²) < 4.78 is 34.8. The molecule has 0 heterocycles. The van der Waals surface area contributed by atoms with Crippen molar-refractivity contribution in [2.75, 3.05) is 0 Å². The van der Waals surface area contributed by atoms with Crippen LogP contribution in [0.5, 0.6) is 0 Å². The van der Waals surface area contributed by atoms with E-state index in [0.29, 0.717) is 0 Å². The van der Waals surface area contributed by atoms with Crippen LogP contribution in [0.4, 0.5) is 13.2 Å². The van der Waals surface area contributed by atoms with Crippen molar-refractivity contribution in [2.24, 2.45) is 0 Å². The zero-order valence-corrected chi connectivity index (χ0v) is 7.66. The zero-order valence-electron chi connectivity index (χ0n) is 7.66. The van der Waals surface area contributed by atoms with Crippen LogP contribution >= 0.6 is 0 Å². The van der Waals surface area contributed by atoms with E-state index in [9.17, 15) is 18.0 Å². The van der Waals surface area contributed by atoms with E-state index in [2.05, 4.69) is 4.84 Å². The van der Waals surface area contributed by atoms with E-state index < -0.39 is 24.1 Å². The molecule has 0 aliphatic rings. The van der Waals surface area contributed by atoms with Gasteiger partial charge in [0, 0.05) is 0 Å². The Kier molecular flexibility index (Phi) is 3.71. The Morgan fingerprint density at radius 3 is 2.08 bits per heavy atom. The first kappa shape index (κ1) is 12.2. The molecular formula is C7H12F3NO2. The standard InChI is InChI=1S/C7H12F3NO2/c1-6(2,3)13-11-5(12)4-7(8,9)10/h4H2,1-3H3,(H,11,12). The minimum absolute atomic E-state index is 0.693. The minimum atomic E-state index is -4.49. The number of hydrogen-bond donors (Lipinski definition) is 1. The van der Waals surface area contributed by atoms with Crippen LogP contribution in [0.2, 0.25) is 0 Å². The van der Waals surface area contributed by atoms with Crippen LogP contribution in [0, 0.1) is 0 Å². The quantitative estimate of drug-likeness (QED) is 0.688. The third-order valence-electron chi connectivity index (χ3n) is 0.832. The molecule has 0 rings (SSSR count). The second-order valence-corrected chi connectivity index (χ2v) is 3.53. The summed E-state index contributed by atoms with van der Waals surface area (Å²) in [6.07, 6.45) is -6.02. The summed E-state index contributed by atoms with van der Waals surface area (Å²) in [7, 11) is 0. The lowest BCUT2D eigenvalue weighted by molar-refractivity contribution is -0.169. The highest BCUT2D eigenvalue weighted by Gasteiger charge is 2.31. The predicted octanol–water partition coefficient (Wildman–Crippen LogP) is 1.79. The van der Waals surface area contributed by atoms with Gasteiger partial charge < -0.3 is 0 Å². The second-order valence-electron chi connectivity index (χ2n) is 3.53. The van der Waals surface area contributed by atoms with Crippen molar-refractivity contribution >= 4 is 5.91 Å². The van der Waals surface area contributed by atoms with Gasteiger partial charge >= 0.3 is 6.18 Å². The van der Waals surface area contributed by atoms with Crippen LogP contribution in [0.25, 0.3) is 0 Å². The van der Waals surface area contributed by atoms with Gasteiger partial charge in [0.25, 0.3) is 5.91 Å². The maximum Gasteiger partial charge on any atom is 0.397 e. The van der Waals surface area contributed by atoms with Crippen LogP contribution in [-0.2, 0) is 9.63 Å². The molecule has 0 aliphatic heterocycles. The van der Waals surface area contributed by atoms with Crippen molar-refractivity contribution in [3.8, 4) is 0 Å². The third-order valence-corrected chi connectivity index (χ3v) is 0.832. The average molecular weight is 199 g/mol. The van der Waals surface area contributed by atoms with Crippen LogP contribution in [0.1, 0.15) is 27.2 Å². The molecule has 0 aromatic carbocycles. The summed E-state index contributed by atoms with van der Waals surface area (Å²) in [6, 6.07) is 0. The zero-order chi connectivity index (χ0) is 10.7. The fraction of sp³-hybridized carbons (Fsp3) is 0.857. The molecule has 1 amide bonds. The van der Waals surface area contributed by atoms with Gasteiger partial charge in [0.05, 0.1) is 5.60 Å². The van der Waals surface area contributed by atoms with Crippen molar-refractivity contribution < 1.29 is 22.8 Å². The van der Waals surface area contributed by atoms with E-state index in [1.54, 1.807) is 26.3 Å². The number of nitrogens with one attached hydrogen (secondary N) is 1. The number of rotatable bonds is 2. The Balaban J connectivity index is 3.78. The number of alkyl halides is 3. The first-order valence-electron chi connectivity index (χ1n) is 3.64. The molecule has 0 aromatic rings. The van der Waals surface area contributed by atoms with Crippen LogP contribution < -0.4 is 5.48 Å². The topological polar surface area (TPSA) is 38.3 Å². The third kappa shape index (κ3) is 9.13. The lowest BCUT2D eigenvalue weighted by Gasteiger charge is -2.19. The smallest absolute Gasteiger partial charge is 0.272 e. The first-order valence-corrected chi connectivity index (χ1v) is 3.64. The summed E-state index contributed by atoms with van der Waals surface area (Å²) in [5.41, 5.74) is 1.03.